The summed E-state index contributed by atoms with van der Waals surface area (Å²) in [6.45, 7) is 1.82. The molecule has 0 bridgehead atoms. The minimum atomic E-state index is -3.02. The fraction of sp³-hybridized carbons (Fsp3) is 0.889. The lowest BCUT2D eigenvalue weighted by Crippen LogP contribution is -2.35. The van der Waals surface area contributed by atoms with Crippen LogP contribution >= 0.6 is 0 Å². The van der Waals surface area contributed by atoms with Gasteiger partial charge in [-0.05, 0) is 25.2 Å². The number of aliphatic carboxylic acids is 1. The van der Waals surface area contributed by atoms with Crippen LogP contribution in [0.3, 0.4) is 0 Å². The summed E-state index contributed by atoms with van der Waals surface area (Å²) in [5, 5.41) is 8.45. The van der Waals surface area contributed by atoms with Crippen molar-refractivity contribution >= 4 is 15.8 Å². The summed E-state index contributed by atoms with van der Waals surface area (Å²) in [6, 6.07) is 0. The first-order valence-electron chi connectivity index (χ1n) is 4.74. The van der Waals surface area contributed by atoms with Crippen LogP contribution in [0.5, 0.6) is 0 Å². The van der Waals surface area contributed by atoms with Crippen molar-refractivity contribution in [1.82, 2.24) is 0 Å². The minimum absolute atomic E-state index is 0.0418. The molecule has 1 aliphatic rings. The second-order valence-electron chi connectivity index (χ2n) is 4.19. The summed E-state index contributed by atoms with van der Waals surface area (Å²) in [4.78, 5) is 10.7. The lowest BCUT2D eigenvalue weighted by molar-refractivity contribution is -0.143. The molecule has 0 amide bonds. The Labute approximate surface area is 84.2 Å². The lowest BCUT2D eigenvalue weighted by Gasteiger charge is -2.30. The summed E-state index contributed by atoms with van der Waals surface area (Å²) in [6.07, 6.45) is 2.68. The van der Waals surface area contributed by atoms with E-state index in [1.165, 1.54) is 6.26 Å². The van der Waals surface area contributed by atoms with E-state index in [0.29, 0.717) is 19.3 Å². The SMILES string of the molecule is CC1CC(C(=O)O)CCC1S(C)(=O)=O. The molecule has 1 rings (SSSR count). The third-order valence-corrected chi connectivity index (χ3v) is 4.79. The van der Waals surface area contributed by atoms with E-state index in [2.05, 4.69) is 0 Å². The quantitative estimate of drug-likeness (QED) is 0.751. The number of hydrogen-bond donors (Lipinski definition) is 1. The van der Waals surface area contributed by atoms with E-state index in [9.17, 15) is 13.2 Å². The van der Waals surface area contributed by atoms with Crippen molar-refractivity contribution in [2.24, 2.45) is 11.8 Å². The molecular weight excluding hydrogens is 204 g/mol. The highest BCUT2D eigenvalue weighted by molar-refractivity contribution is 7.91. The summed E-state index contributed by atoms with van der Waals surface area (Å²) in [5.74, 6) is -1.20. The molecule has 14 heavy (non-hydrogen) atoms. The molecule has 1 saturated carbocycles. The van der Waals surface area contributed by atoms with Crippen LogP contribution in [-0.2, 0) is 14.6 Å². The Kier molecular flexibility index (Phi) is 3.19. The standard InChI is InChI=1S/C9H16O4S/c1-6-5-7(9(10)11)3-4-8(6)14(2,12)13/h6-8H,3-5H2,1-2H3,(H,10,11). The highest BCUT2D eigenvalue weighted by Gasteiger charge is 2.36. The Bertz CT molecular complexity index is 320. The maximum Gasteiger partial charge on any atom is 0.306 e. The zero-order valence-corrected chi connectivity index (χ0v) is 9.25. The Morgan fingerprint density at radius 1 is 1.36 bits per heavy atom. The molecule has 3 unspecified atom stereocenters. The summed E-state index contributed by atoms with van der Waals surface area (Å²) in [7, 11) is -3.02. The minimum Gasteiger partial charge on any atom is -0.481 e. The molecule has 0 aromatic heterocycles. The Balaban J connectivity index is 2.70. The predicted molar refractivity (Wildman–Crippen MR) is 52.8 cm³/mol. The zero-order valence-electron chi connectivity index (χ0n) is 8.43. The highest BCUT2D eigenvalue weighted by atomic mass is 32.2. The van der Waals surface area contributed by atoms with Crippen LogP contribution in [0.1, 0.15) is 26.2 Å². The van der Waals surface area contributed by atoms with Crippen LogP contribution < -0.4 is 0 Å². The number of sulfone groups is 1. The zero-order chi connectivity index (χ0) is 10.9. The van der Waals surface area contributed by atoms with Gasteiger partial charge in [0.05, 0.1) is 11.2 Å². The van der Waals surface area contributed by atoms with Gasteiger partial charge in [-0.25, -0.2) is 8.42 Å². The lowest BCUT2D eigenvalue weighted by atomic mass is 9.82. The molecule has 0 radical (unpaired) electrons. The van der Waals surface area contributed by atoms with Crippen molar-refractivity contribution in [3.05, 3.63) is 0 Å². The van der Waals surface area contributed by atoms with Gasteiger partial charge in [-0.3, -0.25) is 4.79 Å². The molecule has 3 atom stereocenters. The molecule has 1 N–H and O–H groups in total. The van der Waals surface area contributed by atoms with Gasteiger partial charge >= 0.3 is 5.97 Å². The molecule has 1 fully saturated rings. The fourth-order valence-electron chi connectivity index (χ4n) is 2.23. The molecule has 0 aliphatic heterocycles. The van der Waals surface area contributed by atoms with Crippen molar-refractivity contribution in [1.29, 1.82) is 0 Å². The van der Waals surface area contributed by atoms with E-state index >= 15 is 0 Å². The predicted octanol–water partition coefficient (Wildman–Crippen LogP) is 0.920. The van der Waals surface area contributed by atoms with Crippen LogP contribution in [0.4, 0.5) is 0 Å². The van der Waals surface area contributed by atoms with Gasteiger partial charge in [0.1, 0.15) is 0 Å². The Morgan fingerprint density at radius 3 is 2.29 bits per heavy atom. The first-order chi connectivity index (χ1) is 6.32. The van der Waals surface area contributed by atoms with Gasteiger partial charge in [-0.1, -0.05) is 6.92 Å². The summed E-state index contributed by atoms with van der Waals surface area (Å²) in [5.41, 5.74) is 0. The van der Waals surface area contributed by atoms with Crippen molar-refractivity contribution in [2.75, 3.05) is 6.26 Å². The molecule has 82 valence electrons. The molecule has 0 saturated heterocycles. The van der Waals surface area contributed by atoms with Crippen LogP contribution in [0.2, 0.25) is 0 Å². The Hall–Kier alpha value is -0.580. The fourth-order valence-corrected chi connectivity index (χ4v) is 3.75. The largest absolute Gasteiger partial charge is 0.481 e. The average Bonchev–Trinajstić information content (AvgIpc) is 2.01. The average molecular weight is 220 g/mol. The molecular formula is C9H16O4S. The normalized spacial score (nSPS) is 34.0. The molecule has 0 spiro atoms. The topological polar surface area (TPSA) is 71.4 Å². The van der Waals surface area contributed by atoms with E-state index in [1.807, 2.05) is 6.92 Å². The number of rotatable bonds is 2. The number of carboxylic acid groups (broad SMARTS) is 1. The maximum atomic E-state index is 11.3. The molecule has 0 aromatic carbocycles. The van der Waals surface area contributed by atoms with Crippen LogP contribution in [0, 0.1) is 11.8 Å². The van der Waals surface area contributed by atoms with E-state index < -0.39 is 15.8 Å². The van der Waals surface area contributed by atoms with Gasteiger partial charge in [-0.15, -0.1) is 0 Å². The second-order valence-corrected chi connectivity index (χ2v) is 6.46. The highest BCUT2D eigenvalue weighted by Crippen LogP contribution is 2.32. The van der Waals surface area contributed by atoms with Gasteiger partial charge in [-0.2, -0.15) is 0 Å². The third-order valence-electron chi connectivity index (χ3n) is 2.99. The van der Waals surface area contributed by atoms with Crippen LogP contribution in [0.15, 0.2) is 0 Å². The smallest absolute Gasteiger partial charge is 0.306 e. The van der Waals surface area contributed by atoms with Gasteiger partial charge < -0.3 is 5.11 Å². The van der Waals surface area contributed by atoms with Gasteiger partial charge in [0, 0.05) is 6.26 Å². The van der Waals surface area contributed by atoms with E-state index in [0.717, 1.165) is 0 Å². The molecule has 0 heterocycles. The van der Waals surface area contributed by atoms with Crippen molar-refractivity contribution in [3.8, 4) is 0 Å². The molecule has 1 aliphatic carbocycles. The second kappa shape index (κ2) is 3.88. The number of carboxylic acids is 1. The molecule has 4 nitrogen and oxygen atoms in total. The van der Waals surface area contributed by atoms with Gasteiger partial charge in [0.25, 0.3) is 0 Å². The van der Waals surface area contributed by atoms with Gasteiger partial charge in [0.2, 0.25) is 0 Å². The van der Waals surface area contributed by atoms with E-state index in [1.54, 1.807) is 0 Å². The van der Waals surface area contributed by atoms with E-state index in [4.69, 9.17) is 5.11 Å². The van der Waals surface area contributed by atoms with Crippen molar-refractivity contribution in [3.63, 3.8) is 0 Å². The first kappa shape index (κ1) is 11.5. The maximum absolute atomic E-state index is 11.3. The molecule has 5 heteroatoms. The Morgan fingerprint density at radius 2 is 1.93 bits per heavy atom. The monoisotopic (exact) mass is 220 g/mol. The summed E-state index contributed by atoms with van der Waals surface area (Å²) >= 11 is 0. The number of carbonyl (C=O) groups is 1. The number of hydrogen-bond acceptors (Lipinski definition) is 3. The molecule has 0 aromatic rings. The summed E-state index contributed by atoms with van der Waals surface area (Å²) < 4.78 is 22.7. The van der Waals surface area contributed by atoms with Crippen molar-refractivity contribution in [2.45, 2.75) is 31.4 Å². The van der Waals surface area contributed by atoms with Crippen LogP contribution in [-0.4, -0.2) is 31.0 Å². The first-order valence-corrected chi connectivity index (χ1v) is 6.69. The van der Waals surface area contributed by atoms with Crippen molar-refractivity contribution < 1.29 is 18.3 Å². The van der Waals surface area contributed by atoms with Gasteiger partial charge in [0.15, 0.2) is 9.84 Å². The third kappa shape index (κ3) is 2.47. The van der Waals surface area contributed by atoms with Crippen LogP contribution in [0.25, 0.3) is 0 Å². The van der Waals surface area contributed by atoms with E-state index in [-0.39, 0.29) is 17.1 Å².